The maximum absolute atomic E-state index is 11.8. The number of carbonyl (C=O) groups excluding carboxylic acids is 1. The van der Waals surface area contributed by atoms with Gasteiger partial charge in [-0.05, 0) is 12.3 Å². The first-order chi connectivity index (χ1) is 11.0. The molecule has 0 N–H and O–H groups in total. The molecule has 1 amide bonds. The van der Waals surface area contributed by atoms with Crippen molar-refractivity contribution in [2.24, 2.45) is 5.10 Å². The fourth-order valence-corrected chi connectivity index (χ4v) is 1.40. The van der Waals surface area contributed by atoms with Crippen molar-refractivity contribution in [1.82, 2.24) is 5.01 Å². The van der Waals surface area contributed by atoms with Crippen molar-refractivity contribution in [1.29, 1.82) is 0 Å². The number of cyclic esters (lactones) is 1. The summed E-state index contributed by atoms with van der Waals surface area (Å²) in [6, 6.07) is 2.22. The Morgan fingerprint density at radius 1 is 1.89 bits per heavy atom. The van der Waals surface area contributed by atoms with Crippen molar-refractivity contribution in [2.75, 3.05) is 18.5 Å². The zero-order chi connectivity index (χ0) is 18.3. The zero-order valence-electron chi connectivity index (χ0n) is 14.5. The Labute approximate surface area is 119 Å². The molecule has 1 aliphatic rings. The Morgan fingerprint density at radius 2 is 2.68 bits per heavy atom. The summed E-state index contributed by atoms with van der Waals surface area (Å²) in [7, 11) is 0. The van der Waals surface area contributed by atoms with Crippen molar-refractivity contribution in [2.45, 2.75) is 6.08 Å². The Morgan fingerprint density at radius 3 is 3.32 bits per heavy atom. The number of ether oxygens (including phenoxy) is 1. The van der Waals surface area contributed by atoms with E-state index in [-0.39, 0.29) is 10.8 Å². The van der Waals surface area contributed by atoms with E-state index >= 15 is 0 Å². The van der Waals surface area contributed by atoms with Gasteiger partial charge in [0, 0.05) is 8.45 Å². The van der Waals surface area contributed by atoms with Crippen LogP contribution in [-0.4, -0.2) is 46.8 Å². The van der Waals surface area contributed by atoms with Crippen LogP contribution in [0.4, 0.5) is 10.7 Å². The van der Waals surface area contributed by atoms with Gasteiger partial charge in [-0.15, -0.1) is 0 Å². The molecule has 2 heterocycles. The van der Waals surface area contributed by atoms with Crippen LogP contribution in [0.25, 0.3) is 0 Å². The fraction of sp³-hybridized carbons (Fsp3) is 0.400. The van der Waals surface area contributed by atoms with Gasteiger partial charge in [0.15, 0.2) is 5.76 Å². The first-order valence-electron chi connectivity index (χ1n) is 7.33. The number of hydrogen-bond donors (Lipinski definition) is 0. The average molecular weight is 290 g/mol. The van der Waals surface area contributed by atoms with Crippen LogP contribution in [0.15, 0.2) is 21.7 Å². The summed E-state index contributed by atoms with van der Waals surface area (Å²) in [6.07, 6.45) is -2.12. The molecule has 1 aliphatic heterocycles. The summed E-state index contributed by atoms with van der Waals surface area (Å²) in [4.78, 5) is 21.5. The van der Waals surface area contributed by atoms with E-state index in [9.17, 15) is 14.9 Å². The van der Waals surface area contributed by atoms with Gasteiger partial charge in [0.25, 0.3) is 0 Å². The van der Waals surface area contributed by atoms with Gasteiger partial charge in [0.05, 0.1) is 22.9 Å². The zero-order valence-corrected chi connectivity index (χ0v) is 10.3. The topological polar surface area (TPSA) is 98.2 Å². The molecule has 8 nitrogen and oxygen atoms in total. The number of furan rings is 1. The summed E-state index contributed by atoms with van der Waals surface area (Å²) < 4.78 is 48.5. The number of hydrogen-bond acceptors (Lipinski definition) is 7. The predicted octanol–water partition coefficient (Wildman–Crippen LogP) is 1.71. The maximum Gasteiger partial charge on any atom is 0.433 e. The predicted molar refractivity (Wildman–Crippen MR) is 68.3 cm³/mol. The standard InChI is InChI=1S/C10H11N3O5S/c1-19-6-8-5-12(10(14)18-8)11-4-7-2-3-9(17-7)13(15)16/h2-4,8H,5-6H2,1H3/b11-4+/i5D2,6D2,8D. The van der Waals surface area contributed by atoms with Crippen LogP contribution < -0.4 is 0 Å². The first kappa shape index (κ1) is 8.20. The largest absolute Gasteiger partial charge is 0.442 e. The van der Waals surface area contributed by atoms with Gasteiger partial charge in [-0.25, -0.2) is 4.79 Å². The number of amides is 1. The molecule has 1 atom stereocenters. The molecule has 0 aromatic carbocycles. The highest BCUT2D eigenvalue weighted by atomic mass is 32.2. The van der Waals surface area contributed by atoms with Crippen LogP contribution in [0.1, 0.15) is 12.6 Å². The highest BCUT2D eigenvalue weighted by molar-refractivity contribution is 7.98. The third-order valence-electron chi connectivity index (χ3n) is 1.86. The van der Waals surface area contributed by atoms with E-state index in [1.807, 2.05) is 0 Å². The van der Waals surface area contributed by atoms with E-state index in [1.54, 1.807) is 0 Å². The quantitative estimate of drug-likeness (QED) is 0.465. The molecule has 1 unspecified atom stereocenters. The molecular weight excluding hydrogens is 274 g/mol. The minimum atomic E-state index is -2.94. The molecule has 0 bridgehead atoms. The molecule has 0 radical (unpaired) electrons. The molecule has 0 spiro atoms. The number of nitrogens with zero attached hydrogens (tertiary/aromatic N) is 3. The minimum absolute atomic E-state index is 0.138. The van der Waals surface area contributed by atoms with Gasteiger partial charge in [0.2, 0.25) is 0 Å². The van der Waals surface area contributed by atoms with Crippen LogP contribution in [0, 0.1) is 10.1 Å². The molecule has 0 aliphatic carbocycles. The number of thioether (sulfide) groups is 1. The number of carbonyl (C=O) groups is 1. The van der Waals surface area contributed by atoms with Crippen molar-refractivity contribution in [3.63, 3.8) is 0 Å². The Balaban J connectivity index is 2.32. The van der Waals surface area contributed by atoms with Crippen LogP contribution in [0.3, 0.4) is 0 Å². The molecular formula is C10H11N3O5S. The second kappa shape index (κ2) is 5.74. The average Bonchev–Trinajstić information content (AvgIpc) is 3.01. The van der Waals surface area contributed by atoms with Gasteiger partial charge >= 0.3 is 12.0 Å². The summed E-state index contributed by atoms with van der Waals surface area (Å²) in [5.74, 6) is -0.710. The molecule has 1 saturated heterocycles. The lowest BCUT2D eigenvalue weighted by Crippen LogP contribution is -2.19. The highest BCUT2D eigenvalue weighted by Gasteiger charge is 2.30. The van der Waals surface area contributed by atoms with Crippen molar-refractivity contribution in [3.05, 3.63) is 28.0 Å². The third kappa shape index (κ3) is 3.25. The van der Waals surface area contributed by atoms with E-state index in [4.69, 9.17) is 11.3 Å². The molecule has 19 heavy (non-hydrogen) atoms. The third-order valence-corrected chi connectivity index (χ3v) is 2.25. The number of rotatable bonds is 5. The van der Waals surface area contributed by atoms with Gasteiger partial charge < -0.3 is 9.15 Å². The lowest BCUT2D eigenvalue weighted by molar-refractivity contribution is -0.402. The summed E-state index contributed by atoms with van der Waals surface area (Å²) in [5.41, 5.74) is -2.56. The van der Waals surface area contributed by atoms with E-state index in [0.29, 0.717) is 11.8 Å². The van der Waals surface area contributed by atoms with Crippen LogP contribution in [-0.2, 0) is 4.74 Å². The Kier molecular flexibility index (Phi) is 2.48. The normalized spacial score (nSPS) is 30.3. The summed E-state index contributed by atoms with van der Waals surface area (Å²) >= 11 is 0.507. The molecule has 9 heteroatoms. The monoisotopic (exact) mass is 290 g/mol. The number of nitro groups is 1. The molecule has 102 valence electrons. The first-order valence-corrected chi connectivity index (χ1v) is 6.05. The second-order valence-corrected chi connectivity index (χ2v) is 3.72. The van der Waals surface area contributed by atoms with Crippen LogP contribution in [0.2, 0.25) is 0 Å². The summed E-state index contributed by atoms with van der Waals surface area (Å²) in [5, 5.41) is 14.2. The maximum atomic E-state index is 11.8. The van der Waals surface area contributed by atoms with Crippen molar-refractivity contribution >= 4 is 30.0 Å². The Bertz CT molecular complexity index is 711. The van der Waals surface area contributed by atoms with Gasteiger partial charge in [-0.3, -0.25) is 10.1 Å². The van der Waals surface area contributed by atoms with Gasteiger partial charge in [-0.1, -0.05) is 0 Å². The summed E-state index contributed by atoms with van der Waals surface area (Å²) in [6.45, 7) is -2.94. The minimum Gasteiger partial charge on any atom is -0.442 e. The molecule has 1 aromatic heterocycles. The van der Waals surface area contributed by atoms with E-state index in [2.05, 4.69) is 9.84 Å². The van der Waals surface area contributed by atoms with Crippen molar-refractivity contribution in [3.8, 4) is 0 Å². The molecule has 2 rings (SSSR count). The lowest BCUT2D eigenvalue weighted by atomic mass is 10.4. The van der Waals surface area contributed by atoms with E-state index < -0.39 is 35.2 Å². The Hall–Kier alpha value is -2.03. The molecule has 1 fully saturated rings. The van der Waals surface area contributed by atoms with E-state index in [1.165, 1.54) is 12.3 Å². The number of hydrazone groups is 1. The fourth-order valence-electron chi connectivity index (χ4n) is 1.13. The van der Waals surface area contributed by atoms with Crippen LogP contribution in [0.5, 0.6) is 0 Å². The SMILES string of the molecule is [2H]C([2H])(SC)C1([2H])OC(=O)N(/N=C/c2ccc([N+](=O)[O-])o2)C1([2H])[2H]. The smallest absolute Gasteiger partial charge is 0.433 e. The lowest BCUT2D eigenvalue weighted by Gasteiger charge is -2.04. The van der Waals surface area contributed by atoms with Gasteiger partial charge in [0.1, 0.15) is 11.0 Å². The van der Waals surface area contributed by atoms with Crippen LogP contribution >= 0.6 is 11.8 Å². The van der Waals surface area contributed by atoms with Crippen molar-refractivity contribution < 1.29 is 25.7 Å². The molecule has 0 saturated carbocycles. The van der Waals surface area contributed by atoms with Gasteiger partial charge in [-0.2, -0.15) is 21.9 Å². The molecule has 1 aromatic rings. The second-order valence-electron chi connectivity index (χ2n) is 3.10. The highest BCUT2D eigenvalue weighted by Crippen LogP contribution is 2.16. The van der Waals surface area contributed by atoms with E-state index in [0.717, 1.165) is 12.3 Å².